The van der Waals surface area contributed by atoms with Gasteiger partial charge in [-0.15, -0.1) is 15.1 Å². The number of hydrogen-bond acceptors (Lipinski definition) is 6. The van der Waals surface area contributed by atoms with Crippen molar-refractivity contribution in [3.8, 4) is 11.1 Å². The first-order valence-corrected chi connectivity index (χ1v) is 9.52. The molecule has 146 valence electrons. The Labute approximate surface area is 172 Å². The number of aryl methyl sites for hydroxylation is 1. The van der Waals surface area contributed by atoms with Gasteiger partial charge in [-0.2, -0.15) is 4.98 Å². The zero-order chi connectivity index (χ0) is 20.7. The van der Waals surface area contributed by atoms with E-state index in [4.69, 9.17) is 4.98 Å². The van der Waals surface area contributed by atoms with Gasteiger partial charge in [0.15, 0.2) is 0 Å². The van der Waals surface area contributed by atoms with Crippen LogP contribution in [-0.4, -0.2) is 26.6 Å². The molecule has 0 amide bonds. The first-order chi connectivity index (χ1) is 14.6. The molecule has 0 aliphatic rings. The summed E-state index contributed by atoms with van der Waals surface area (Å²) in [5.74, 6) is 1.19. The highest BCUT2D eigenvalue weighted by atomic mass is 16.3. The van der Waals surface area contributed by atoms with Crippen molar-refractivity contribution in [2.75, 3.05) is 11.9 Å². The van der Waals surface area contributed by atoms with Gasteiger partial charge < -0.3 is 4.90 Å². The molecule has 0 N–H and O–H groups in total. The minimum Gasteiger partial charge on any atom is -0.329 e. The second-order valence-corrected chi connectivity index (χ2v) is 7.20. The average molecular weight is 394 g/mol. The summed E-state index contributed by atoms with van der Waals surface area (Å²) < 4.78 is 1.75. The van der Waals surface area contributed by atoms with E-state index in [1.807, 2.05) is 30.1 Å². The lowest BCUT2D eigenvalue weighted by Crippen LogP contribution is -2.13. The molecule has 0 saturated heterocycles. The summed E-state index contributed by atoms with van der Waals surface area (Å²) in [5, 5.41) is 12.0. The maximum Gasteiger partial charge on any atom is 0.257 e. The normalized spacial score (nSPS) is 11.1. The van der Waals surface area contributed by atoms with E-state index in [1.54, 1.807) is 22.9 Å². The number of anilines is 2. The molecule has 0 atom stereocenters. The second-order valence-electron chi connectivity index (χ2n) is 7.20. The second kappa shape index (κ2) is 7.04. The van der Waals surface area contributed by atoms with E-state index in [0.717, 1.165) is 33.5 Å². The molecule has 0 aliphatic heterocycles. The fourth-order valence-electron chi connectivity index (χ4n) is 3.61. The van der Waals surface area contributed by atoms with E-state index >= 15 is 0 Å². The van der Waals surface area contributed by atoms with Gasteiger partial charge in [-0.3, -0.25) is 4.40 Å². The molecule has 2 aromatic heterocycles. The Bertz CT molecular complexity index is 1390. The smallest absolute Gasteiger partial charge is 0.257 e. The van der Waals surface area contributed by atoms with Gasteiger partial charge in [0.2, 0.25) is 0 Å². The van der Waals surface area contributed by atoms with Gasteiger partial charge in [-0.25, -0.2) is 0 Å². The number of benzene rings is 3. The molecular weight excluding hydrogens is 376 g/mol. The number of hydrogen-bond donors (Lipinski definition) is 0. The molecule has 0 fully saturated rings. The van der Waals surface area contributed by atoms with Crippen LogP contribution in [0.15, 0.2) is 78.2 Å². The molecule has 2 heterocycles. The lowest BCUT2D eigenvalue weighted by molar-refractivity contribution is 1.08. The van der Waals surface area contributed by atoms with E-state index in [1.165, 1.54) is 5.56 Å². The average Bonchev–Trinajstić information content (AvgIpc) is 3.27. The Hall–Kier alpha value is -4.13. The molecule has 0 saturated carbocycles. The van der Waals surface area contributed by atoms with Crippen molar-refractivity contribution in [1.29, 1.82) is 0 Å². The summed E-state index contributed by atoms with van der Waals surface area (Å²) in [6.07, 6.45) is 1.58. The standard InChI is InChI=1S/C23H18N6O/c1-15-6-8-16(9-7-15)17-4-3-5-19(12-17)28(2)22-20-11-10-18(27-30)13-21(20)29-14-24-26-23(29)25-22/h3-14H,1-2H3. The van der Waals surface area contributed by atoms with E-state index in [2.05, 4.69) is 58.7 Å². The van der Waals surface area contributed by atoms with Gasteiger partial charge in [0, 0.05) is 18.1 Å². The lowest BCUT2D eigenvalue weighted by atomic mass is 10.0. The van der Waals surface area contributed by atoms with Gasteiger partial charge in [0.25, 0.3) is 5.78 Å². The van der Waals surface area contributed by atoms with Crippen LogP contribution < -0.4 is 4.90 Å². The SMILES string of the molecule is Cc1ccc(-c2cccc(N(C)c3nc4nncn4c4cc(N=O)ccc34)c2)cc1. The van der Waals surface area contributed by atoms with E-state index in [-0.39, 0.29) is 0 Å². The zero-order valence-corrected chi connectivity index (χ0v) is 16.5. The van der Waals surface area contributed by atoms with Crippen LogP contribution in [0.25, 0.3) is 27.8 Å². The minimum absolute atomic E-state index is 0.346. The van der Waals surface area contributed by atoms with Crippen molar-refractivity contribution < 1.29 is 0 Å². The van der Waals surface area contributed by atoms with E-state index in [0.29, 0.717) is 11.5 Å². The van der Waals surface area contributed by atoms with Crippen molar-refractivity contribution in [3.63, 3.8) is 0 Å². The van der Waals surface area contributed by atoms with Gasteiger partial charge in [-0.05, 0) is 53.6 Å². The van der Waals surface area contributed by atoms with Gasteiger partial charge in [0.05, 0.1) is 5.52 Å². The first-order valence-electron chi connectivity index (χ1n) is 9.52. The molecule has 3 aromatic carbocycles. The van der Waals surface area contributed by atoms with Crippen LogP contribution in [0.1, 0.15) is 5.56 Å². The van der Waals surface area contributed by atoms with Crippen LogP contribution in [0.5, 0.6) is 0 Å². The van der Waals surface area contributed by atoms with Crippen LogP contribution in [0.4, 0.5) is 17.2 Å². The van der Waals surface area contributed by atoms with E-state index < -0.39 is 0 Å². The predicted octanol–water partition coefficient (Wildman–Crippen LogP) is 5.42. The van der Waals surface area contributed by atoms with Crippen molar-refractivity contribution in [3.05, 3.63) is 83.5 Å². The molecule has 7 nitrogen and oxygen atoms in total. The molecule has 5 rings (SSSR count). The number of nitroso groups, excluding NO2 is 1. The Morgan fingerprint density at radius 2 is 1.80 bits per heavy atom. The fraction of sp³-hybridized carbons (Fsp3) is 0.0870. The highest BCUT2D eigenvalue weighted by Crippen LogP contribution is 2.33. The van der Waals surface area contributed by atoms with Gasteiger partial charge in [0.1, 0.15) is 17.8 Å². The Balaban J connectivity index is 1.65. The quantitative estimate of drug-likeness (QED) is 0.381. The van der Waals surface area contributed by atoms with Crippen molar-refractivity contribution >= 4 is 33.9 Å². The maximum absolute atomic E-state index is 11.0. The van der Waals surface area contributed by atoms with Crippen molar-refractivity contribution in [2.45, 2.75) is 6.92 Å². The molecule has 5 aromatic rings. The van der Waals surface area contributed by atoms with Crippen LogP contribution in [0.2, 0.25) is 0 Å². The number of aromatic nitrogens is 4. The van der Waals surface area contributed by atoms with Gasteiger partial charge in [-0.1, -0.05) is 42.0 Å². The summed E-state index contributed by atoms with van der Waals surface area (Å²) in [5.41, 5.74) is 5.62. The zero-order valence-electron chi connectivity index (χ0n) is 16.5. The third-order valence-electron chi connectivity index (χ3n) is 5.26. The highest BCUT2D eigenvalue weighted by Gasteiger charge is 2.15. The highest BCUT2D eigenvalue weighted by molar-refractivity contribution is 5.95. The summed E-state index contributed by atoms with van der Waals surface area (Å²) in [4.78, 5) is 17.8. The predicted molar refractivity (Wildman–Crippen MR) is 118 cm³/mol. The summed E-state index contributed by atoms with van der Waals surface area (Å²) in [7, 11) is 1.97. The van der Waals surface area contributed by atoms with Crippen LogP contribution >= 0.6 is 0 Å². The summed E-state index contributed by atoms with van der Waals surface area (Å²) >= 11 is 0. The molecule has 7 heteroatoms. The number of nitrogens with zero attached hydrogens (tertiary/aromatic N) is 6. The Morgan fingerprint density at radius 3 is 2.60 bits per heavy atom. The molecule has 0 aliphatic carbocycles. The Morgan fingerprint density at radius 1 is 0.967 bits per heavy atom. The van der Waals surface area contributed by atoms with Crippen LogP contribution in [-0.2, 0) is 0 Å². The summed E-state index contributed by atoms with van der Waals surface area (Å²) in [6, 6.07) is 22.0. The maximum atomic E-state index is 11.0. The monoisotopic (exact) mass is 394 g/mol. The molecule has 0 radical (unpaired) electrons. The third-order valence-corrected chi connectivity index (χ3v) is 5.26. The largest absolute Gasteiger partial charge is 0.329 e. The number of rotatable bonds is 4. The minimum atomic E-state index is 0.346. The molecule has 30 heavy (non-hydrogen) atoms. The van der Waals surface area contributed by atoms with Gasteiger partial charge >= 0.3 is 0 Å². The Kier molecular flexibility index (Phi) is 4.21. The molecule has 0 spiro atoms. The lowest BCUT2D eigenvalue weighted by Gasteiger charge is -2.21. The fourth-order valence-corrected chi connectivity index (χ4v) is 3.61. The topological polar surface area (TPSA) is 75.8 Å². The number of fused-ring (bicyclic) bond motifs is 3. The van der Waals surface area contributed by atoms with Crippen molar-refractivity contribution in [1.82, 2.24) is 19.6 Å². The molecule has 0 unspecified atom stereocenters. The molecular formula is C23H18N6O. The van der Waals surface area contributed by atoms with Crippen LogP contribution in [0.3, 0.4) is 0 Å². The summed E-state index contributed by atoms with van der Waals surface area (Å²) in [6.45, 7) is 2.08. The molecule has 0 bridgehead atoms. The third kappa shape index (κ3) is 2.97. The van der Waals surface area contributed by atoms with E-state index in [9.17, 15) is 4.91 Å². The van der Waals surface area contributed by atoms with Crippen LogP contribution in [0, 0.1) is 11.8 Å². The first kappa shape index (κ1) is 17.9. The van der Waals surface area contributed by atoms with Crippen molar-refractivity contribution in [2.24, 2.45) is 5.18 Å².